The Labute approximate surface area is 89.5 Å². The van der Waals surface area contributed by atoms with Gasteiger partial charge in [0.2, 0.25) is 5.91 Å². The normalized spacial score (nSPS) is 11.4. The van der Waals surface area contributed by atoms with Crippen molar-refractivity contribution in [3.63, 3.8) is 0 Å². The molecule has 6 nitrogen and oxygen atoms in total. The minimum atomic E-state index is -3.31. The zero-order valence-electron chi connectivity index (χ0n) is 9.06. The molecule has 0 aliphatic carbocycles. The van der Waals surface area contributed by atoms with E-state index in [9.17, 15) is 9.36 Å². The maximum absolute atomic E-state index is 11.8. The molecule has 7 heteroatoms. The highest BCUT2D eigenvalue weighted by Crippen LogP contribution is 2.47. The third-order valence-electron chi connectivity index (χ3n) is 1.42. The van der Waals surface area contributed by atoms with Crippen molar-refractivity contribution in [1.82, 2.24) is 5.32 Å². The Morgan fingerprint density at radius 1 is 1.33 bits per heavy atom. The summed E-state index contributed by atoms with van der Waals surface area (Å²) in [7, 11) is -3.31. The first-order valence-electron chi connectivity index (χ1n) is 4.83. The Kier molecular flexibility index (Phi) is 7.60. The molecule has 0 bridgehead atoms. The van der Waals surface area contributed by atoms with Gasteiger partial charge in [0.1, 0.15) is 6.16 Å². The lowest BCUT2D eigenvalue weighted by atomic mass is 10.6. The molecule has 0 aromatic rings. The van der Waals surface area contributed by atoms with Crippen LogP contribution in [0.15, 0.2) is 0 Å². The summed E-state index contributed by atoms with van der Waals surface area (Å²) in [6.45, 7) is 3.79. The van der Waals surface area contributed by atoms with E-state index < -0.39 is 13.5 Å². The number of rotatable bonds is 8. The number of nitrogens with one attached hydrogen (secondary N) is 1. The van der Waals surface area contributed by atoms with Crippen LogP contribution < -0.4 is 5.32 Å². The second kappa shape index (κ2) is 7.82. The van der Waals surface area contributed by atoms with E-state index in [1.807, 2.05) is 0 Å². The van der Waals surface area contributed by atoms with Crippen molar-refractivity contribution in [2.75, 3.05) is 32.5 Å². The van der Waals surface area contributed by atoms with Gasteiger partial charge in [-0.05, 0) is 13.8 Å². The number of hydrogen-bond donors (Lipinski definition) is 2. The van der Waals surface area contributed by atoms with E-state index in [1.165, 1.54) is 0 Å². The molecule has 1 amide bonds. The Hall–Kier alpha value is -0.420. The van der Waals surface area contributed by atoms with Gasteiger partial charge in [0.05, 0.1) is 19.8 Å². The second-order valence-corrected chi connectivity index (χ2v) is 4.73. The Bertz CT molecular complexity index is 223. The third kappa shape index (κ3) is 6.62. The molecule has 0 unspecified atom stereocenters. The fourth-order valence-electron chi connectivity index (χ4n) is 0.949. The van der Waals surface area contributed by atoms with Gasteiger partial charge in [-0.2, -0.15) is 0 Å². The van der Waals surface area contributed by atoms with Crippen molar-refractivity contribution in [3.8, 4) is 0 Å². The van der Waals surface area contributed by atoms with Crippen molar-refractivity contribution in [1.29, 1.82) is 0 Å². The Morgan fingerprint density at radius 3 is 2.27 bits per heavy atom. The summed E-state index contributed by atoms with van der Waals surface area (Å²) in [5.74, 6) is -0.450. The average molecular weight is 239 g/mol. The number of carbonyl (C=O) groups is 1. The Morgan fingerprint density at radius 2 is 1.87 bits per heavy atom. The number of amides is 1. The van der Waals surface area contributed by atoms with Gasteiger partial charge in [-0.25, -0.2) is 0 Å². The molecule has 0 aromatic carbocycles. The molecule has 0 saturated heterocycles. The molecule has 90 valence electrons. The van der Waals surface area contributed by atoms with E-state index in [0.29, 0.717) is 0 Å². The topological polar surface area (TPSA) is 84.9 Å². The molecule has 0 aliphatic rings. The standard InChI is InChI=1S/C8H18NO5P/c1-3-13-15(12,14-4-2)7-8(11)9-5-6-10/h10H,3-7H2,1-2H3,(H,9,11). The van der Waals surface area contributed by atoms with Crippen LogP contribution in [0.25, 0.3) is 0 Å². The number of carbonyl (C=O) groups excluding carboxylic acids is 1. The number of aliphatic hydroxyl groups excluding tert-OH is 1. The Balaban J connectivity index is 4.15. The van der Waals surface area contributed by atoms with Crippen LogP contribution in [-0.4, -0.2) is 43.5 Å². The van der Waals surface area contributed by atoms with Crippen LogP contribution in [-0.2, 0) is 18.4 Å². The zero-order chi connectivity index (χ0) is 11.7. The summed E-state index contributed by atoms with van der Waals surface area (Å²) in [5.41, 5.74) is 0. The highest BCUT2D eigenvalue weighted by molar-refractivity contribution is 7.54. The smallest absolute Gasteiger partial charge is 0.340 e. The lowest BCUT2D eigenvalue weighted by Gasteiger charge is -2.16. The van der Waals surface area contributed by atoms with Crippen LogP contribution >= 0.6 is 7.60 Å². The largest absolute Gasteiger partial charge is 0.395 e. The fraction of sp³-hybridized carbons (Fsp3) is 0.875. The number of hydrogen-bond acceptors (Lipinski definition) is 5. The van der Waals surface area contributed by atoms with Gasteiger partial charge in [-0.1, -0.05) is 0 Å². The van der Waals surface area contributed by atoms with Crippen LogP contribution in [0.1, 0.15) is 13.8 Å². The van der Waals surface area contributed by atoms with E-state index in [1.54, 1.807) is 13.8 Å². The van der Waals surface area contributed by atoms with E-state index in [2.05, 4.69) is 5.32 Å². The van der Waals surface area contributed by atoms with Crippen LogP contribution in [0.2, 0.25) is 0 Å². The minimum Gasteiger partial charge on any atom is -0.395 e. The van der Waals surface area contributed by atoms with E-state index in [4.69, 9.17) is 14.2 Å². The second-order valence-electron chi connectivity index (χ2n) is 2.68. The summed E-state index contributed by atoms with van der Waals surface area (Å²) < 4.78 is 21.7. The highest BCUT2D eigenvalue weighted by Gasteiger charge is 2.27. The molecule has 0 heterocycles. The van der Waals surface area contributed by atoms with Gasteiger partial charge >= 0.3 is 7.60 Å². The van der Waals surface area contributed by atoms with Crippen molar-refractivity contribution in [3.05, 3.63) is 0 Å². The van der Waals surface area contributed by atoms with Gasteiger partial charge in [-0.15, -0.1) is 0 Å². The van der Waals surface area contributed by atoms with Crippen LogP contribution in [0.3, 0.4) is 0 Å². The lowest BCUT2D eigenvalue weighted by molar-refractivity contribution is -0.119. The highest BCUT2D eigenvalue weighted by atomic mass is 31.2. The van der Waals surface area contributed by atoms with Crippen molar-refractivity contribution >= 4 is 13.5 Å². The molecule has 0 saturated carbocycles. The van der Waals surface area contributed by atoms with Gasteiger partial charge < -0.3 is 19.5 Å². The number of aliphatic hydroxyl groups is 1. The first kappa shape index (κ1) is 14.6. The maximum atomic E-state index is 11.8. The van der Waals surface area contributed by atoms with E-state index in [-0.39, 0.29) is 32.5 Å². The third-order valence-corrected chi connectivity index (χ3v) is 3.40. The minimum absolute atomic E-state index is 0.136. The molecule has 15 heavy (non-hydrogen) atoms. The molecular weight excluding hydrogens is 221 g/mol. The summed E-state index contributed by atoms with van der Waals surface area (Å²) >= 11 is 0. The quantitative estimate of drug-likeness (QED) is 0.597. The summed E-state index contributed by atoms with van der Waals surface area (Å²) in [6, 6.07) is 0. The van der Waals surface area contributed by atoms with Gasteiger partial charge in [0, 0.05) is 6.54 Å². The first-order chi connectivity index (χ1) is 7.08. The monoisotopic (exact) mass is 239 g/mol. The van der Waals surface area contributed by atoms with Crippen LogP contribution in [0.4, 0.5) is 0 Å². The van der Waals surface area contributed by atoms with Gasteiger partial charge in [0.15, 0.2) is 0 Å². The summed E-state index contributed by atoms with van der Waals surface area (Å²) in [6.07, 6.45) is -0.311. The summed E-state index contributed by atoms with van der Waals surface area (Å²) in [5, 5.41) is 10.9. The lowest BCUT2D eigenvalue weighted by Crippen LogP contribution is -2.29. The predicted octanol–water partition coefficient (Wildman–Crippen LogP) is 0.361. The molecule has 0 fully saturated rings. The van der Waals surface area contributed by atoms with E-state index in [0.717, 1.165) is 0 Å². The molecule has 0 spiro atoms. The average Bonchev–Trinajstić information content (AvgIpc) is 2.15. The zero-order valence-corrected chi connectivity index (χ0v) is 9.96. The molecule has 0 radical (unpaired) electrons. The summed E-state index contributed by atoms with van der Waals surface area (Å²) in [4.78, 5) is 11.2. The molecular formula is C8H18NO5P. The molecule has 2 N–H and O–H groups in total. The van der Waals surface area contributed by atoms with Crippen molar-refractivity contribution in [2.24, 2.45) is 0 Å². The van der Waals surface area contributed by atoms with Crippen LogP contribution in [0.5, 0.6) is 0 Å². The SMILES string of the molecule is CCOP(=O)(CC(=O)NCCO)OCC. The maximum Gasteiger partial charge on any atom is 0.340 e. The van der Waals surface area contributed by atoms with Gasteiger partial charge in [-0.3, -0.25) is 9.36 Å². The molecule has 0 aliphatic heterocycles. The van der Waals surface area contributed by atoms with Crippen molar-refractivity contribution in [2.45, 2.75) is 13.8 Å². The molecule has 0 aromatic heterocycles. The molecule has 0 atom stereocenters. The van der Waals surface area contributed by atoms with E-state index >= 15 is 0 Å². The van der Waals surface area contributed by atoms with Crippen LogP contribution in [0, 0.1) is 0 Å². The first-order valence-corrected chi connectivity index (χ1v) is 6.56. The van der Waals surface area contributed by atoms with Gasteiger partial charge in [0.25, 0.3) is 0 Å². The predicted molar refractivity (Wildman–Crippen MR) is 55.8 cm³/mol. The molecule has 0 rings (SSSR count). The fourth-order valence-corrected chi connectivity index (χ4v) is 2.46. The van der Waals surface area contributed by atoms with Crippen molar-refractivity contribution < 1.29 is 23.5 Å².